The van der Waals surface area contributed by atoms with Crippen molar-refractivity contribution in [2.24, 2.45) is 0 Å². The van der Waals surface area contributed by atoms with Gasteiger partial charge in [-0.15, -0.1) is 0 Å². The second kappa shape index (κ2) is 10.8. The molecule has 0 aliphatic heterocycles. The average Bonchev–Trinajstić information content (AvgIpc) is 2.81. The van der Waals surface area contributed by atoms with Crippen LogP contribution in [0.4, 0.5) is 16.2 Å². The van der Waals surface area contributed by atoms with Gasteiger partial charge in [-0.25, -0.2) is 4.79 Å². The molecule has 178 valence electrons. The number of hydrogen-bond acceptors (Lipinski definition) is 6. The van der Waals surface area contributed by atoms with Gasteiger partial charge in [-0.05, 0) is 45.4 Å². The normalized spacial score (nSPS) is 11.1. The highest BCUT2D eigenvalue weighted by atomic mass is 16.6. The molecule has 0 atom stereocenters. The van der Waals surface area contributed by atoms with Crippen LogP contribution in [0.15, 0.2) is 66.9 Å². The fourth-order valence-corrected chi connectivity index (χ4v) is 3.49. The number of ether oxygens (including phenoxy) is 1. The van der Waals surface area contributed by atoms with E-state index in [0.29, 0.717) is 53.3 Å². The molecule has 2 aromatic carbocycles. The van der Waals surface area contributed by atoms with Crippen LogP contribution < -0.4 is 11.1 Å². The summed E-state index contributed by atoms with van der Waals surface area (Å²) in [5.74, 6) is -0.116. The van der Waals surface area contributed by atoms with Crippen LogP contribution in [0.3, 0.4) is 0 Å². The summed E-state index contributed by atoms with van der Waals surface area (Å²) in [4.78, 5) is 31.7. The molecule has 0 aliphatic carbocycles. The molecule has 0 spiro atoms. The number of amides is 1. The maximum Gasteiger partial charge on any atom is 0.410 e. The number of benzene rings is 2. The highest BCUT2D eigenvalue weighted by molar-refractivity contribution is 6.16. The number of nitrogen functional groups attached to an aromatic ring is 1. The maximum atomic E-state index is 13.6. The Balaban J connectivity index is 1.82. The minimum atomic E-state index is -0.538. The van der Waals surface area contributed by atoms with Gasteiger partial charge >= 0.3 is 6.09 Å². The van der Waals surface area contributed by atoms with E-state index in [1.807, 2.05) is 57.2 Å². The average molecular weight is 461 g/mol. The number of pyridine rings is 1. The molecule has 3 N–H and O–H groups in total. The van der Waals surface area contributed by atoms with E-state index in [1.165, 1.54) is 0 Å². The molecule has 0 fully saturated rings. The maximum absolute atomic E-state index is 13.6. The molecule has 1 aromatic heterocycles. The molecular weight excluding hydrogens is 428 g/mol. The van der Waals surface area contributed by atoms with Crippen LogP contribution >= 0.6 is 0 Å². The SMILES string of the molecule is CN(CCCNc1cccc(-c2ncccc2N)c1C(=O)c1ccccc1)C(=O)OC(C)(C)C. The third-order valence-corrected chi connectivity index (χ3v) is 5.11. The molecule has 1 amide bonds. The summed E-state index contributed by atoms with van der Waals surface area (Å²) in [6.07, 6.45) is 1.97. The Labute approximate surface area is 201 Å². The fourth-order valence-electron chi connectivity index (χ4n) is 3.49. The van der Waals surface area contributed by atoms with E-state index < -0.39 is 5.60 Å². The number of aromatic nitrogens is 1. The summed E-state index contributed by atoms with van der Waals surface area (Å²) in [7, 11) is 1.71. The molecule has 3 aromatic rings. The third-order valence-electron chi connectivity index (χ3n) is 5.11. The molecule has 7 nitrogen and oxygen atoms in total. The van der Waals surface area contributed by atoms with Gasteiger partial charge in [0.25, 0.3) is 0 Å². The molecule has 0 bridgehead atoms. The van der Waals surface area contributed by atoms with Crippen molar-refractivity contribution >= 4 is 23.3 Å². The molecule has 7 heteroatoms. The Morgan fingerprint density at radius 3 is 2.44 bits per heavy atom. The van der Waals surface area contributed by atoms with Gasteiger partial charge in [-0.2, -0.15) is 0 Å². The Morgan fingerprint density at radius 1 is 1.03 bits per heavy atom. The zero-order chi connectivity index (χ0) is 24.7. The van der Waals surface area contributed by atoms with Crippen LogP contribution in [0.25, 0.3) is 11.3 Å². The number of nitrogens with two attached hydrogens (primary N) is 1. The lowest BCUT2D eigenvalue weighted by Crippen LogP contribution is -2.35. The number of rotatable bonds is 8. The van der Waals surface area contributed by atoms with Crippen LogP contribution in [0.5, 0.6) is 0 Å². The van der Waals surface area contributed by atoms with E-state index in [4.69, 9.17) is 10.5 Å². The lowest BCUT2D eigenvalue weighted by molar-refractivity contribution is 0.0298. The predicted octanol–water partition coefficient (Wildman–Crippen LogP) is 5.23. The van der Waals surface area contributed by atoms with E-state index in [9.17, 15) is 9.59 Å². The second-order valence-corrected chi connectivity index (χ2v) is 9.05. The molecule has 1 heterocycles. The second-order valence-electron chi connectivity index (χ2n) is 9.05. The molecule has 0 saturated carbocycles. The van der Waals surface area contributed by atoms with Crippen molar-refractivity contribution in [1.29, 1.82) is 0 Å². The number of ketones is 1. The summed E-state index contributed by atoms with van der Waals surface area (Å²) in [6, 6.07) is 18.3. The first-order valence-corrected chi connectivity index (χ1v) is 11.3. The summed E-state index contributed by atoms with van der Waals surface area (Å²) in [5, 5.41) is 3.37. The lowest BCUT2D eigenvalue weighted by atomic mass is 9.94. The zero-order valence-corrected chi connectivity index (χ0v) is 20.2. The van der Waals surface area contributed by atoms with Gasteiger partial charge in [0, 0.05) is 43.1 Å². The van der Waals surface area contributed by atoms with E-state index in [1.54, 1.807) is 42.4 Å². The molecule has 3 rings (SSSR count). The van der Waals surface area contributed by atoms with Gasteiger partial charge < -0.3 is 20.7 Å². The Morgan fingerprint density at radius 2 is 1.76 bits per heavy atom. The van der Waals surface area contributed by atoms with E-state index in [2.05, 4.69) is 10.3 Å². The third kappa shape index (κ3) is 6.34. The van der Waals surface area contributed by atoms with Crippen molar-refractivity contribution < 1.29 is 14.3 Å². The van der Waals surface area contributed by atoms with Crippen molar-refractivity contribution in [3.63, 3.8) is 0 Å². The molecule has 0 unspecified atom stereocenters. The number of nitrogens with one attached hydrogen (secondary N) is 1. The number of carbonyl (C=O) groups is 2. The zero-order valence-electron chi connectivity index (χ0n) is 20.2. The first kappa shape index (κ1) is 24.8. The van der Waals surface area contributed by atoms with Crippen LogP contribution in [-0.2, 0) is 4.74 Å². The number of anilines is 2. The van der Waals surface area contributed by atoms with Crippen molar-refractivity contribution in [1.82, 2.24) is 9.88 Å². The van der Waals surface area contributed by atoms with Crippen molar-refractivity contribution in [2.45, 2.75) is 32.8 Å². The van der Waals surface area contributed by atoms with Crippen LogP contribution in [-0.4, -0.2) is 47.5 Å². The topological polar surface area (TPSA) is 97.5 Å². The van der Waals surface area contributed by atoms with Crippen LogP contribution in [0.1, 0.15) is 43.1 Å². The number of hydrogen-bond donors (Lipinski definition) is 2. The van der Waals surface area contributed by atoms with Crippen molar-refractivity contribution in [2.75, 3.05) is 31.2 Å². The van der Waals surface area contributed by atoms with Crippen molar-refractivity contribution in [3.8, 4) is 11.3 Å². The van der Waals surface area contributed by atoms with Crippen LogP contribution in [0, 0.1) is 0 Å². The minimum absolute atomic E-state index is 0.116. The lowest BCUT2D eigenvalue weighted by Gasteiger charge is -2.24. The molecule has 0 saturated heterocycles. The number of carbonyl (C=O) groups excluding carboxylic acids is 2. The summed E-state index contributed by atoms with van der Waals surface area (Å²) in [5.41, 5.74) is 9.18. The van der Waals surface area contributed by atoms with Gasteiger partial charge in [0.2, 0.25) is 0 Å². The highest BCUT2D eigenvalue weighted by Crippen LogP contribution is 2.33. The van der Waals surface area contributed by atoms with Gasteiger partial charge in [-0.1, -0.05) is 42.5 Å². The monoisotopic (exact) mass is 460 g/mol. The predicted molar refractivity (Wildman–Crippen MR) is 136 cm³/mol. The number of nitrogens with zero attached hydrogens (tertiary/aromatic N) is 2. The van der Waals surface area contributed by atoms with Gasteiger partial charge in [-0.3, -0.25) is 9.78 Å². The Hall–Kier alpha value is -3.87. The molecule has 0 aliphatic rings. The first-order valence-electron chi connectivity index (χ1n) is 11.3. The standard InChI is InChI=1S/C27H32N4O3/c1-27(2,3)34-26(33)31(4)18-10-17-29-22-15-8-13-20(24-21(28)14-9-16-30-24)23(22)25(32)19-11-6-5-7-12-19/h5-9,11-16,29H,10,17-18,28H2,1-4H3. The molecule has 0 radical (unpaired) electrons. The van der Waals surface area contributed by atoms with Gasteiger partial charge in [0.15, 0.2) is 5.78 Å². The summed E-state index contributed by atoms with van der Waals surface area (Å²) < 4.78 is 5.39. The largest absolute Gasteiger partial charge is 0.444 e. The fraction of sp³-hybridized carbons (Fsp3) is 0.296. The van der Waals surface area contributed by atoms with Gasteiger partial charge in [0.05, 0.1) is 16.9 Å². The van der Waals surface area contributed by atoms with Crippen molar-refractivity contribution in [3.05, 3.63) is 78.0 Å². The van der Waals surface area contributed by atoms with Gasteiger partial charge in [0.1, 0.15) is 5.60 Å². The van der Waals surface area contributed by atoms with E-state index in [-0.39, 0.29) is 11.9 Å². The van der Waals surface area contributed by atoms with E-state index >= 15 is 0 Å². The quantitative estimate of drug-likeness (QED) is 0.353. The summed E-state index contributed by atoms with van der Waals surface area (Å²) in [6.45, 7) is 6.59. The Kier molecular flexibility index (Phi) is 7.89. The molecular formula is C27H32N4O3. The van der Waals surface area contributed by atoms with E-state index in [0.717, 1.165) is 0 Å². The van der Waals surface area contributed by atoms with Crippen LogP contribution in [0.2, 0.25) is 0 Å². The minimum Gasteiger partial charge on any atom is -0.444 e. The summed E-state index contributed by atoms with van der Waals surface area (Å²) >= 11 is 0. The first-order chi connectivity index (χ1) is 16.2. The smallest absolute Gasteiger partial charge is 0.410 e. The molecule has 34 heavy (non-hydrogen) atoms. The Bertz CT molecular complexity index is 1140. The highest BCUT2D eigenvalue weighted by Gasteiger charge is 2.22.